The molecule has 0 radical (unpaired) electrons. The summed E-state index contributed by atoms with van der Waals surface area (Å²) in [6, 6.07) is 10.3. The molecule has 0 fully saturated rings. The first-order valence-electron chi connectivity index (χ1n) is 6.36. The number of halogens is 1. The SMILES string of the molecule is O/N=C(/c1ccnc(Oc2ccc(Cl)cc2)c1)n1ccnc1. The molecular formula is C15H11ClN4O2. The Bertz CT molecular complexity index is 786. The Morgan fingerprint density at radius 2 is 2.00 bits per heavy atom. The second-order valence-corrected chi connectivity index (χ2v) is 4.77. The van der Waals surface area contributed by atoms with E-state index < -0.39 is 0 Å². The van der Waals surface area contributed by atoms with Crippen LogP contribution in [0.1, 0.15) is 5.56 Å². The molecule has 0 aliphatic rings. The third kappa shape index (κ3) is 3.07. The van der Waals surface area contributed by atoms with Gasteiger partial charge in [0.15, 0.2) is 5.84 Å². The number of aromatic nitrogens is 3. The number of oxime groups is 1. The largest absolute Gasteiger partial charge is 0.439 e. The van der Waals surface area contributed by atoms with Crippen molar-refractivity contribution in [1.29, 1.82) is 0 Å². The van der Waals surface area contributed by atoms with E-state index in [9.17, 15) is 5.21 Å². The van der Waals surface area contributed by atoms with Crippen molar-refractivity contribution in [3.63, 3.8) is 0 Å². The van der Waals surface area contributed by atoms with Crippen LogP contribution in [0.15, 0.2) is 66.5 Å². The highest BCUT2D eigenvalue weighted by Crippen LogP contribution is 2.22. The Hall–Kier alpha value is -2.86. The number of imidazole rings is 1. The van der Waals surface area contributed by atoms with E-state index in [0.717, 1.165) is 0 Å². The Kier molecular flexibility index (Phi) is 4.02. The highest BCUT2D eigenvalue weighted by Gasteiger charge is 2.09. The van der Waals surface area contributed by atoms with Gasteiger partial charge in [-0.2, -0.15) is 0 Å². The first-order chi connectivity index (χ1) is 10.8. The van der Waals surface area contributed by atoms with E-state index in [-0.39, 0.29) is 0 Å². The highest BCUT2D eigenvalue weighted by molar-refractivity contribution is 6.30. The number of benzene rings is 1. The molecule has 2 heterocycles. The molecular weight excluding hydrogens is 304 g/mol. The number of ether oxygens (including phenoxy) is 1. The standard InChI is InChI=1S/C15H11ClN4O2/c16-12-1-3-13(4-2-12)22-14-9-11(5-6-18-14)15(19-21)20-8-7-17-10-20/h1-10,21H/b19-15-. The fourth-order valence-corrected chi connectivity index (χ4v) is 2.00. The second-order valence-electron chi connectivity index (χ2n) is 4.33. The van der Waals surface area contributed by atoms with E-state index in [1.165, 1.54) is 6.33 Å². The molecule has 3 aromatic rings. The van der Waals surface area contributed by atoms with E-state index in [1.54, 1.807) is 59.6 Å². The maximum Gasteiger partial charge on any atom is 0.219 e. The average molecular weight is 315 g/mol. The molecule has 0 spiro atoms. The van der Waals surface area contributed by atoms with Crippen molar-refractivity contribution in [2.45, 2.75) is 0 Å². The van der Waals surface area contributed by atoms with Crippen LogP contribution in [0.3, 0.4) is 0 Å². The molecule has 0 saturated carbocycles. The molecule has 0 bridgehead atoms. The topological polar surface area (TPSA) is 72.5 Å². The summed E-state index contributed by atoms with van der Waals surface area (Å²) < 4.78 is 7.24. The summed E-state index contributed by atoms with van der Waals surface area (Å²) >= 11 is 5.83. The maximum absolute atomic E-state index is 9.23. The molecule has 3 rings (SSSR count). The third-order valence-electron chi connectivity index (χ3n) is 2.87. The normalized spacial score (nSPS) is 11.4. The lowest BCUT2D eigenvalue weighted by Crippen LogP contribution is -2.11. The van der Waals surface area contributed by atoms with Crippen LogP contribution in [0.2, 0.25) is 5.02 Å². The van der Waals surface area contributed by atoms with Crippen LogP contribution in [0.25, 0.3) is 0 Å². The van der Waals surface area contributed by atoms with Crippen molar-refractivity contribution in [1.82, 2.24) is 14.5 Å². The zero-order chi connectivity index (χ0) is 15.4. The lowest BCUT2D eigenvalue weighted by molar-refractivity contribution is 0.317. The number of hydrogen-bond donors (Lipinski definition) is 1. The van der Waals surface area contributed by atoms with E-state index in [0.29, 0.717) is 28.1 Å². The molecule has 110 valence electrons. The fraction of sp³-hybridized carbons (Fsp3) is 0. The second kappa shape index (κ2) is 6.28. The Labute approximate surface area is 131 Å². The summed E-state index contributed by atoms with van der Waals surface area (Å²) in [7, 11) is 0. The van der Waals surface area contributed by atoms with Gasteiger partial charge in [0.1, 0.15) is 12.1 Å². The summed E-state index contributed by atoms with van der Waals surface area (Å²) in [5.41, 5.74) is 0.638. The molecule has 6 nitrogen and oxygen atoms in total. The van der Waals surface area contributed by atoms with Crippen LogP contribution in [0.5, 0.6) is 11.6 Å². The van der Waals surface area contributed by atoms with Crippen LogP contribution >= 0.6 is 11.6 Å². The predicted octanol–water partition coefficient (Wildman–Crippen LogP) is 3.41. The average Bonchev–Trinajstić information content (AvgIpc) is 3.05. The van der Waals surface area contributed by atoms with Gasteiger partial charge in [0.25, 0.3) is 0 Å². The minimum atomic E-state index is 0.320. The quantitative estimate of drug-likeness (QED) is 0.348. The first-order valence-corrected chi connectivity index (χ1v) is 6.74. The third-order valence-corrected chi connectivity index (χ3v) is 3.12. The van der Waals surface area contributed by atoms with E-state index in [1.807, 2.05) is 0 Å². The molecule has 0 aliphatic heterocycles. The minimum Gasteiger partial charge on any atom is -0.439 e. The van der Waals surface area contributed by atoms with Crippen molar-refractivity contribution in [3.05, 3.63) is 71.9 Å². The molecule has 0 saturated heterocycles. The van der Waals surface area contributed by atoms with Gasteiger partial charge in [-0.25, -0.2) is 9.97 Å². The van der Waals surface area contributed by atoms with Gasteiger partial charge in [-0.05, 0) is 30.3 Å². The summed E-state index contributed by atoms with van der Waals surface area (Å²) in [6.07, 6.45) is 6.38. The zero-order valence-electron chi connectivity index (χ0n) is 11.3. The maximum atomic E-state index is 9.23. The van der Waals surface area contributed by atoms with Crippen molar-refractivity contribution in [2.24, 2.45) is 5.16 Å². The van der Waals surface area contributed by atoms with Crippen LogP contribution < -0.4 is 4.74 Å². The van der Waals surface area contributed by atoms with Gasteiger partial charge in [0, 0.05) is 35.2 Å². The monoisotopic (exact) mass is 314 g/mol. The van der Waals surface area contributed by atoms with Gasteiger partial charge in [0.05, 0.1) is 0 Å². The van der Waals surface area contributed by atoms with Crippen LogP contribution in [-0.2, 0) is 0 Å². The number of hydrogen-bond acceptors (Lipinski definition) is 5. The molecule has 0 unspecified atom stereocenters. The smallest absolute Gasteiger partial charge is 0.219 e. The summed E-state index contributed by atoms with van der Waals surface area (Å²) in [6.45, 7) is 0. The molecule has 2 aromatic heterocycles. The lowest BCUT2D eigenvalue weighted by atomic mass is 10.2. The van der Waals surface area contributed by atoms with E-state index >= 15 is 0 Å². The fourth-order valence-electron chi connectivity index (χ4n) is 1.87. The van der Waals surface area contributed by atoms with Gasteiger partial charge >= 0.3 is 0 Å². The Balaban J connectivity index is 1.88. The summed E-state index contributed by atoms with van der Waals surface area (Å²) in [5.74, 6) is 1.31. The van der Waals surface area contributed by atoms with Crippen molar-refractivity contribution in [3.8, 4) is 11.6 Å². The number of rotatable bonds is 3. The van der Waals surface area contributed by atoms with E-state index in [2.05, 4.69) is 15.1 Å². The van der Waals surface area contributed by atoms with Crippen molar-refractivity contribution >= 4 is 17.4 Å². The lowest BCUT2D eigenvalue weighted by Gasteiger charge is -2.08. The first kappa shape index (κ1) is 14.1. The predicted molar refractivity (Wildman–Crippen MR) is 81.7 cm³/mol. The van der Waals surface area contributed by atoms with Gasteiger partial charge in [0.2, 0.25) is 5.88 Å². The van der Waals surface area contributed by atoms with E-state index in [4.69, 9.17) is 16.3 Å². The Morgan fingerprint density at radius 1 is 1.18 bits per heavy atom. The van der Waals surface area contributed by atoms with Gasteiger partial charge in [-0.3, -0.25) is 4.57 Å². The van der Waals surface area contributed by atoms with Crippen LogP contribution in [0.4, 0.5) is 0 Å². The summed E-state index contributed by atoms with van der Waals surface area (Å²) in [4.78, 5) is 8.06. The van der Waals surface area contributed by atoms with Gasteiger partial charge < -0.3 is 9.94 Å². The minimum absolute atomic E-state index is 0.320. The highest BCUT2D eigenvalue weighted by atomic mass is 35.5. The van der Waals surface area contributed by atoms with Crippen molar-refractivity contribution < 1.29 is 9.94 Å². The number of pyridine rings is 1. The Morgan fingerprint density at radius 3 is 2.68 bits per heavy atom. The van der Waals surface area contributed by atoms with Crippen LogP contribution in [0, 0.1) is 0 Å². The van der Waals surface area contributed by atoms with Crippen LogP contribution in [-0.4, -0.2) is 25.6 Å². The molecule has 7 heteroatoms. The number of nitrogens with zero attached hydrogens (tertiary/aromatic N) is 4. The molecule has 0 amide bonds. The van der Waals surface area contributed by atoms with Crippen molar-refractivity contribution in [2.75, 3.05) is 0 Å². The molecule has 0 atom stereocenters. The molecule has 22 heavy (non-hydrogen) atoms. The van der Waals surface area contributed by atoms with Gasteiger partial charge in [-0.1, -0.05) is 16.8 Å². The molecule has 1 N–H and O–H groups in total. The molecule has 0 aliphatic carbocycles. The zero-order valence-corrected chi connectivity index (χ0v) is 12.1. The molecule has 1 aromatic carbocycles. The summed E-state index contributed by atoms with van der Waals surface area (Å²) in [5, 5.41) is 13.2. The van der Waals surface area contributed by atoms with Gasteiger partial charge in [-0.15, -0.1) is 0 Å².